The average Bonchev–Trinajstić information content (AvgIpc) is 2.19. The van der Waals surface area contributed by atoms with Crippen LogP contribution in [0.3, 0.4) is 0 Å². The average molecular weight is 168 g/mol. The number of amides is 1. The lowest BCUT2D eigenvalue weighted by Crippen LogP contribution is -2.18. The van der Waals surface area contributed by atoms with E-state index in [4.69, 9.17) is 9.53 Å². The Balaban J connectivity index is 0.000000261. The fourth-order valence-electron chi connectivity index (χ4n) is 0.557. The Kier molecular flexibility index (Phi) is 6.58. The highest BCUT2D eigenvalue weighted by molar-refractivity contribution is 5.44. The van der Waals surface area contributed by atoms with Crippen molar-refractivity contribution in [2.45, 2.75) is 0 Å². The third-order valence-electron chi connectivity index (χ3n) is 1.05. The van der Waals surface area contributed by atoms with E-state index in [0.29, 0.717) is 6.41 Å². The Morgan fingerprint density at radius 1 is 1.42 bits per heavy atom. The van der Waals surface area contributed by atoms with Crippen LogP contribution in [0.2, 0.25) is 0 Å². The van der Waals surface area contributed by atoms with E-state index >= 15 is 0 Å². The molecule has 0 fully saturated rings. The molecule has 12 heavy (non-hydrogen) atoms. The number of para-hydroxylation sites is 1. The summed E-state index contributed by atoms with van der Waals surface area (Å²) in [5.74, 6) is 5.32. The molecule has 4 nitrogen and oxygen atoms in total. The molecule has 0 atom stereocenters. The molecule has 3 N–H and O–H groups in total. The van der Waals surface area contributed by atoms with Crippen LogP contribution in [0.5, 0.6) is 5.75 Å². The molecular weight excluding hydrogens is 156 g/mol. The number of carbonyl (C=O) groups excluding carboxylic acids is 1. The number of nitrogens with one attached hydrogen (secondary N) is 1. The molecule has 1 amide bonds. The van der Waals surface area contributed by atoms with Crippen LogP contribution in [0.25, 0.3) is 0 Å². The summed E-state index contributed by atoms with van der Waals surface area (Å²) in [4.78, 5) is 8.94. The van der Waals surface area contributed by atoms with Crippen molar-refractivity contribution in [1.29, 1.82) is 0 Å². The van der Waals surface area contributed by atoms with Crippen molar-refractivity contribution < 1.29 is 9.53 Å². The minimum atomic E-state index is 0.403. The van der Waals surface area contributed by atoms with Gasteiger partial charge in [0.05, 0.1) is 7.11 Å². The standard InChI is InChI=1S/C7H8O.CH4N2O/c1-8-7-5-3-2-4-6-7;2-3-1-4/h2-6H,1H3;1H,2H2,(H,3,4). The highest BCUT2D eigenvalue weighted by Crippen LogP contribution is 2.05. The molecule has 0 saturated carbocycles. The lowest BCUT2D eigenvalue weighted by atomic mass is 10.3. The number of rotatable bonds is 2. The molecule has 0 unspecified atom stereocenters. The van der Waals surface area contributed by atoms with Crippen LogP contribution in [0.4, 0.5) is 0 Å². The van der Waals surface area contributed by atoms with Crippen LogP contribution in [-0.2, 0) is 4.79 Å². The minimum absolute atomic E-state index is 0.403. The summed E-state index contributed by atoms with van der Waals surface area (Å²) in [5.41, 5.74) is 1.75. The van der Waals surface area contributed by atoms with E-state index in [1.165, 1.54) is 0 Å². The lowest BCUT2D eigenvalue weighted by Gasteiger charge is -1.93. The second-order valence-electron chi connectivity index (χ2n) is 1.80. The van der Waals surface area contributed by atoms with Crippen molar-refractivity contribution in [1.82, 2.24) is 5.43 Å². The number of carbonyl (C=O) groups is 1. The summed E-state index contributed by atoms with van der Waals surface area (Å²) in [6.07, 6.45) is 0.403. The summed E-state index contributed by atoms with van der Waals surface area (Å²) in [7, 11) is 1.66. The molecule has 66 valence electrons. The Morgan fingerprint density at radius 2 is 1.92 bits per heavy atom. The molecule has 0 radical (unpaired) electrons. The molecule has 0 aliphatic rings. The number of benzene rings is 1. The Hall–Kier alpha value is -1.55. The van der Waals surface area contributed by atoms with Crippen LogP contribution in [0.15, 0.2) is 30.3 Å². The van der Waals surface area contributed by atoms with Crippen molar-refractivity contribution in [3.05, 3.63) is 30.3 Å². The van der Waals surface area contributed by atoms with E-state index in [1.54, 1.807) is 12.5 Å². The summed E-state index contributed by atoms with van der Waals surface area (Å²) in [6, 6.07) is 9.68. The zero-order chi connectivity index (χ0) is 9.23. The van der Waals surface area contributed by atoms with E-state index in [1.807, 2.05) is 30.3 Å². The third-order valence-corrected chi connectivity index (χ3v) is 1.05. The molecular formula is C8H12N2O2. The summed E-state index contributed by atoms with van der Waals surface area (Å²) < 4.78 is 4.91. The monoisotopic (exact) mass is 168 g/mol. The van der Waals surface area contributed by atoms with Crippen LogP contribution in [0, 0.1) is 0 Å². The maximum atomic E-state index is 8.94. The maximum absolute atomic E-state index is 8.94. The van der Waals surface area contributed by atoms with Gasteiger partial charge in [-0.25, -0.2) is 5.84 Å². The van der Waals surface area contributed by atoms with Gasteiger partial charge in [-0.1, -0.05) is 18.2 Å². The Bertz CT molecular complexity index is 201. The number of methoxy groups -OCH3 is 1. The molecule has 1 rings (SSSR count). The highest BCUT2D eigenvalue weighted by atomic mass is 16.5. The molecule has 0 aliphatic heterocycles. The summed E-state index contributed by atoms with van der Waals surface area (Å²) >= 11 is 0. The molecule has 1 aromatic carbocycles. The van der Waals surface area contributed by atoms with Gasteiger partial charge in [-0.2, -0.15) is 0 Å². The van der Waals surface area contributed by atoms with Gasteiger partial charge in [-0.05, 0) is 12.1 Å². The smallest absolute Gasteiger partial charge is 0.221 e. The first-order valence-electron chi connectivity index (χ1n) is 3.34. The molecule has 0 aliphatic carbocycles. The van der Waals surface area contributed by atoms with Crippen molar-refractivity contribution in [3.8, 4) is 5.75 Å². The van der Waals surface area contributed by atoms with E-state index in [0.717, 1.165) is 5.75 Å². The molecule has 0 bridgehead atoms. The fourth-order valence-corrected chi connectivity index (χ4v) is 0.557. The predicted molar refractivity (Wildman–Crippen MR) is 46.4 cm³/mol. The second-order valence-corrected chi connectivity index (χ2v) is 1.80. The van der Waals surface area contributed by atoms with Crippen molar-refractivity contribution in [2.24, 2.45) is 5.84 Å². The first-order chi connectivity index (χ1) is 5.85. The predicted octanol–water partition coefficient (Wildman–Crippen LogP) is 0.301. The number of nitrogens with two attached hydrogens (primary N) is 1. The fraction of sp³-hybridized carbons (Fsp3) is 0.125. The molecule has 0 heterocycles. The van der Waals surface area contributed by atoms with Gasteiger partial charge in [0.25, 0.3) is 0 Å². The van der Waals surface area contributed by atoms with Crippen molar-refractivity contribution >= 4 is 6.41 Å². The number of hydrogen-bond acceptors (Lipinski definition) is 3. The maximum Gasteiger partial charge on any atom is 0.221 e. The van der Waals surface area contributed by atoms with Gasteiger partial charge in [-0.15, -0.1) is 0 Å². The van der Waals surface area contributed by atoms with Gasteiger partial charge < -0.3 is 4.74 Å². The molecule has 1 aromatic rings. The van der Waals surface area contributed by atoms with Crippen LogP contribution in [-0.4, -0.2) is 13.5 Å². The van der Waals surface area contributed by atoms with Crippen molar-refractivity contribution in [2.75, 3.05) is 7.11 Å². The van der Waals surface area contributed by atoms with Crippen LogP contribution >= 0.6 is 0 Å². The van der Waals surface area contributed by atoms with Gasteiger partial charge >= 0.3 is 0 Å². The van der Waals surface area contributed by atoms with Crippen LogP contribution in [0.1, 0.15) is 0 Å². The van der Waals surface area contributed by atoms with E-state index in [9.17, 15) is 0 Å². The van der Waals surface area contributed by atoms with Crippen LogP contribution < -0.4 is 16.0 Å². The second kappa shape index (κ2) is 7.56. The summed E-state index contributed by atoms with van der Waals surface area (Å²) in [5, 5.41) is 0. The zero-order valence-electron chi connectivity index (χ0n) is 6.86. The van der Waals surface area contributed by atoms with Gasteiger partial charge in [0.2, 0.25) is 6.41 Å². The van der Waals surface area contributed by atoms with E-state index < -0.39 is 0 Å². The number of hydrazine groups is 1. The van der Waals surface area contributed by atoms with E-state index in [2.05, 4.69) is 5.84 Å². The first kappa shape index (κ1) is 10.4. The third kappa shape index (κ3) is 5.25. The SMILES string of the molecule is COc1ccccc1.NNC=O. The molecule has 0 aromatic heterocycles. The highest BCUT2D eigenvalue weighted by Gasteiger charge is 1.80. The zero-order valence-corrected chi connectivity index (χ0v) is 6.86. The number of ether oxygens (including phenoxy) is 1. The van der Waals surface area contributed by atoms with Gasteiger partial charge in [0, 0.05) is 0 Å². The van der Waals surface area contributed by atoms with Gasteiger partial charge in [0.15, 0.2) is 0 Å². The quantitative estimate of drug-likeness (QED) is 0.289. The van der Waals surface area contributed by atoms with Gasteiger partial charge in [-0.3, -0.25) is 10.2 Å². The summed E-state index contributed by atoms with van der Waals surface area (Å²) in [6.45, 7) is 0. The minimum Gasteiger partial charge on any atom is -0.497 e. The lowest BCUT2D eigenvalue weighted by molar-refractivity contribution is -0.109. The molecule has 4 heteroatoms. The van der Waals surface area contributed by atoms with Crippen molar-refractivity contribution in [3.63, 3.8) is 0 Å². The Morgan fingerprint density at radius 3 is 2.17 bits per heavy atom. The number of hydrogen-bond donors (Lipinski definition) is 2. The largest absolute Gasteiger partial charge is 0.497 e. The first-order valence-corrected chi connectivity index (χ1v) is 3.34. The molecule has 0 saturated heterocycles. The molecule has 0 spiro atoms. The van der Waals surface area contributed by atoms with E-state index in [-0.39, 0.29) is 0 Å². The normalized spacial score (nSPS) is 7.50. The van der Waals surface area contributed by atoms with Gasteiger partial charge in [0.1, 0.15) is 5.75 Å². The Labute approximate surface area is 71.3 Å². The topological polar surface area (TPSA) is 64.3 Å².